The monoisotopic (exact) mass is 459 g/mol. The van der Waals surface area contributed by atoms with Gasteiger partial charge < -0.3 is 15.1 Å². The van der Waals surface area contributed by atoms with Crippen molar-refractivity contribution in [1.29, 1.82) is 0 Å². The topological polar surface area (TPSA) is 77.8 Å². The summed E-state index contributed by atoms with van der Waals surface area (Å²) in [5.74, 6) is -0.913. The number of likely N-dealkylation sites (tertiary alicyclic amines) is 1. The minimum atomic E-state index is -0.770. The number of hydrogen-bond donors (Lipinski definition) is 2. The highest BCUT2D eigenvalue weighted by Crippen LogP contribution is 2.35. The van der Waals surface area contributed by atoms with Crippen molar-refractivity contribution < 1.29 is 19.8 Å². The van der Waals surface area contributed by atoms with Crippen LogP contribution in [0.1, 0.15) is 68.1 Å². The second kappa shape index (κ2) is 11.2. The number of carboxylic acid groups (broad SMARTS) is 1. The number of phenolic OH excluding ortho intramolecular Hbond substituents is 1. The van der Waals surface area contributed by atoms with Crippen LogP contribution in [0.15, 0.2) is 60.2 Å². The fourth-order valence-electron chi connectivity index (χ4n) is 4.99. The molecule has 5 nitrogen and oxygen atoms in total. The summed E-state index contributed by atoms with van der Waals surface area (Å²) in [5.41, 5.74) is 5.97. The van der Waals surface area contributed by atoms with Gasteiger partial charge in [-0.15, -0.1) is 0 Å². The van der Waals surface area contributed by atoms with Crippen LogP contribution in [0, 0.1) is 5.92 Å². The lowest BCUT2D eigenvalue weighted by Crippen LogP contribution is -2.39. The minimum absolute atomic E-state index is 0.0710. The van der Waals surface area contributed by atoms with Gasteiger partial charge in [-0.25, -0.2) is 0 Å². The summed E-state index contributed by atoms with van der Waals surface area (Å²) < 4.78 is 0. The van der Waals surface area contributed by atoms with Gasteiger partial charge in [0.05, 0.1) is 5.92 Å². The van der Waals surface area contributed by atoms with Gasteiger partial charge in [-0.3, -0.25) is 9.59 Å². The lowest BCUT2D eigenvalue weighted by molar-refractivity contribution is -0.144. The Morgan fingerprint density at radius 1 is 0.824 bits per heavy atom. The van der Waals surface area contributed by atoms with Crippen molar-refractivity contribution in [3.05, 3.63) is 76.9 Å². The number of rotatable bonds is 5. The van der Waals surface area contributed by atoms with Crippen LogP contribution in [-0.4, -0.2) is 40.1 Å². The molecule has 0 bridgehead atoms. The van der Waals surface area contributed by atoms with Crippen LogP contribution in [-0.2, 0) is 9.59 Å². The first-order chi connectivity index (χ1) is 16.5. The van der Waals surface area contributed by atoms with E-state index in [9.17, 15) is 14.7 Å². The molecule has 2 aromatic rings. The number of hydrogen-bond acceptors (Lipinski definition) is 3. The summed E-state index contributed by atoms with van der Waals surface area (Å²) in [4.78, 5) is 25.4. The van der Waals surface area contributed by atoms with Crippen LogP contribution in [0.3, 0.4) is 0 Å². The van der Waals surface area contributed by atoms with E-state index in [1.54, 1.807) is 23.1 Å². The molecule has 178 valence electrons. The van der Waals surface area contributed by atoms with Gasteiger partial charge in [0.15, 0.2) is 0 Å². The molecule has 0 aromatic heterocycles. The van der Waals surface area contributed by atoms with E-state index < -0.39 is 5.97 Å². The maximum absolute atomic E-state index is 12.5. The molecule has 0 spiro atoms. The third-order valence-electron chi connectivity index (χ3n) is 6.99. The van der Waals surface area contributed by atoms with E-state index in [4.69, 9.17) is 5.11 Å². The van der Waals surface area contributed by atoms with E-state index in [-0.39, 0.29) is 17.6 Å². The first-order valence-electron chi connectivity index (χ1n) is 12.3. The molecule has 1 saturated heterocycles. The fourth-order valence-corrected chi connectivity index (χ4v) is 4.99. The summed E-state index contributed by atoms with van der Waals surface area (Å²) >= 11 is 0. The number of aliphatic carboxylic acids is 1. The Bertz CT molecular complexity index is 1050. The molecule has 2 aliphatic rings. The molecular weight excluding hydrogens is 426 g/mol. The molecule has 34 heavy (non-hydrogen) atoms. The van der Waals surface area contributed by atoms with Gasteiger partial charge in [0.25, 0.3) is 0 Å². The highest BCUT2D eigenvalue weighted by molar-refractivity contribution is 5.92. The van der Waals surface area contributed by atoms with Crippen LogP contribution in [0.4, 0.5) is 0 Å². The molecule has 5 heteroatoms. The SMILES string of the molecule is O=C(O)C1CCN(C(=O)C=Cc2ccc(C(=C3CCCCCC3)c3ccc(O)cc3)cc2)CC1. The predicted molar refractivity (Wildman–Crippen MR) is 134 cm³/mol. The second-order valence-corrected chi connectivity index (χ2v) is 9.33. The third-order valence-corrected chi connectivity index (χ3v) is 6.99. The summed E-state index contributed by atoms with van der Waals surface area (Å²) in [6.07, 6.45) is 11.6. The van der Waals surface area contributed by atoms with E-state index in [1.165, 1.54) is 36.8 Å². The van der Waals surface area contributed by atoms with E-state index in [0.29, 0.717) is 25.9 Å². The zero-order chi connectivity index (χ0) is 23.9. The highest BCUT2D eigenvalue weighted by atomic mass is 16.4. The Morgan fingerprint density at radius 2 is 1.38 bits per heavy atom. The highest BCUT2D eigenvalue weighted by Gasteiger charge is 2.26. The predicted octanol–water partition coefficient (Wildman–Crippen LogP) is 5.88. The quantitative estimate of drug-likeness (QED) is 0.432. The molecule has 2 N–H and O–H groups in total. The Balaban J connectivity index is 1.50. The van der Waals surface area contributed by atoms with Crippen molar-refractivity contribution in [3.8, 4) is 5.75 Å². The zero-order valence-electron chi connectivity index (χ0n) is 19.6. The average Bonchev–Trinajstić information content (AvgIpc) is 3.14. The molecule has 4 rings (SSSR count). The lowest BCUT2D eigenvalue weighted by atomic mass is 9.89. The van der Waals surface area contributed by atoms with E-state index in [0.717, 1.165) is 29.5 Å². The van der Waals surface area contributed by atoms with Gasteiger partial charge >= 0.3 is 5.97 Å². The number of benzene rings is 2. The van der Waals surface area contributed by atoms with Gasteiger partial charge in [0, 0.05) is 19.2 Å². The largest absolute Gasteiger partial charge is 0.508 e. The van der Waals surface area contributed by atoms with Gasteiger partial charge in [-0.2, -0.15) is 0 Å². The van der Waals surface area contributed by atoms with Crippen molar-refractivity contribution in [2.45, 2.75) is 51.4 Å². The number of carbonyl (C=O) groups excluding carboxylic acids is 1. The third kappa shape index (κ3) is 5.96. The fraction of sp³-hybridized carbons (Fsp3) is 0.379. The zero-order valence-corrected chi connectivity index (χ0v) is 19.6. The number of allylic oxidation sites excluding steroid dienone is 1. The Hall–Kier alpha value is -3.34. The van der Waals surface area contributed by atoms with Crippen LogP contribution < -0.4 is 0 Å². The van der Waals surface area contributed by atoms with Crippen molar-refractivity contribution in [3.63, 3.8) is 0 Å². The molecule has 0 atom stereocenters. The maximum atomic E-state index is 12.5. The molecule has 1 amide bonds. The van der Waals surface area contributed by atoms with Gasteiger partial charge in [0.1, 0.15) is 5.75 Å². The van der Waals surface area contributed by atoms with Crippen LogP contribution in [0.25, 0.3) is 11.6 Å². The molecule has 0 radical (unpaired) electrons. The van der Waals surface area contributed by atoms with E-state index in [2.05, 4.69) is 12.1 Å². The Labute approximate surface area is 201 Å². The van der Waals surface area contributed by atoms with Crippen LogP contribution in [0.5, 0.6) is 5.75 Å². The van der Waals surface area contributed by atoms with Gasteiger partial charge in [-0.05, 0) is 79.0 Å². The van der Waals surface area contributed by atoms with Gasteiger partial charge in [0.2, 0.25) is 5.91 Å². The smallest absolute Gasteiger partial charge is 0.306 e. The van der Waals surface area contributed by atoms with Crippen molar-refractivity contribution >= 4 is 23.5 Å². The van der Waals surface area contributed by atoms with E-state index in [1.807, 2.05) is 30.3 Å². The normalized spacial score (nSPS) is 17.5. The number of piperidine rings is 1. The number of carbonyl (C=O) groups is 2. The van der Waals surface area contributed by atoms with Crippen LogP contribution >= 0.6 is 0 Å². The summed E-state index contributed by atoms with van der Waals surface area (Å²) in [5, 5.41) is 18.9. The molecule has 1 saturated carbocycles. The molecule has 1 heterocycles. The Morgan fingerprint density at radius 3 is 1.94 bits per heavy atom. The lowest BCUT2D eigenvalue weighted by Gasteiger charge is -2.29. The molecular formula is C29H33NO4. The summed E-state index contributed by atoms with van der Waals surface area (Å²) in [6, 6.07) is 15.8. The van der Waals surface area contributed by atoms with Crippen LogP contribution in [0.2, 0.25) is 0 Å². The minimum Gasteiger partial charge on any atom is -0.508 e. The average molecular weight is 460 g/mol. The number of phenols is 1. The van der Waals surface area contributed by atoms with Crippen molar-refractivity contribution in [2.75, 3.05) is 13.1 Å². The van der Waals surface area contributed by atoms with E-state index >= 15 is 0 Å². The summed E-state index contributed by atoms with van der Waals surface area (Å²) in [7, 11) is 0. The first kappa shape index (κ1) is 23.8. The number of nitrogens with zero attached hydrogens (tertiary/aromatic N) is 1. The molecule has 1 aliphatic carbocycles. The number of amides is 1. The molecule has 2 aromatic carbocycles. The second-order valence-electron chi connectivity index (χ2n) is 9.33. The molecule has 2 fully saturated rings. The first-order valence-corrected chi connectivity index (χ1v) is 12.3. The number of carboxylic acids is 1. The molecule has 0 unspecified atom stereocenters. The Kier molecular flexibility index (Phi) is 7.84. The summed E-state index contributed by atoms with van der Waals surface area (Å²) in [6.45, 7) is 0.977. The van der Waals surface area contributed by atoms with Crippen molar-refractivity contribution in [2.24, 2.45) is 5.92 Å². The number of aromatic hydroxyl groups is 1. The standard InChI is InChI=1S/C29H33NO4/c31-26-14-12-24(13-15-26)28(22-5-3-1-2-4-6-22)23-10-7-21(8-11-23)9-16-27(32)30-19-17-25(18-20-30)29(33)34/h7-16,25,31H,1-6,17-20H2,(H,33,34). The van der Waals surface area contributed by atoms with Crippen molar-refractivity contribution in [1.82, 2.24) is 4.90 Å². The van der Waals surface area contributed by atoms with Gasteiger partial charge in [-0.1, -0.05) is 54.8 Å². The molecule has 1 aliphatic heterocycles. The maximum Gasteiger partial charge on any atom is 0.306 e.